The number of aliphatic hydroxyl groups excluding tert-OH is 1. The molecule has 2 amide bonds. The van der Waals surface area contributed by atoms with Gasteiger partial charge in [0.1, 0.15) is 5.60 Å². The van der Waals surface area contributed by atoms with Crippen LogP contribution in [0.3, 0.4) is 0 Å². The number of rotatable bonds is 9. The molecule has 0 aliphatic carbocycles. The number of carbonyl (C=O) groups excluding carboxylic acids is 2. The SMILES string of the molecule is CC(C)CN(C[C@@H](O)[C@H](Cc1ccccc1)NC(=O)OC(C)(C)C)[C@H]1CCNC1=O. The molecule has 0 unspecified atom stereocenters. The summed E-state index contributed by atoms with van der Waals surface area (Å²) in [6.07, 6.45) is -0.226. The van der Waals surface area contributed by atoms with E-state index in [0.717, 1.165) is 12.0 Å². The molecule has 0 aromatic heterocycles. The van der Waals surface area contributed by atoms with Crippen LogP contribution in [0.15, 0.2) is 30.3 Å². The van der Waals surface area contributed by atoms with Crippen LogP contribution in [0, 0.1) is 5.92 Å². The monoisotopic (exact) mass is 419 g/mol. The van der Waals surface area contributed by atoms with E-state index in [-0.39, 0.29) is 11.9 Å². The number of aliphatic hydroxyl groups is 1. The Morgan fingerprint density at radius 3 is 2.47 bits per heavy atom. The minimum atomic E-state index is -0.857. The zero-order chi connectivity index (χ0) is 22.3. The van der Waals surface area contributed by atoms with Crippen molar-refractivity contribution in [3.05, 3.63) is 35.9 Å². The fourth-order valence-corrected chi connectivity index (χ4v) is 3.71. The first-order chi connectivity index (χ1) is 14.0. The van der Waals surface area contributed by atoms with E-state index in [0.29, 0.717) is 32.0 Å². The summed E-state index contributed by atoms with van der Waals surface area (Å²) in [7, 11) is 0. The first-order valence-electron chi connectivity index (χ1n) is 10.8. The molecule has 0 saturated carbocycles. The highest BCUT2D eigenvalue weighted by Gasteiger charge is 2.34. The molecule has 1 fully saturated rings. The van der Waals surface area contributed by atoms with E-state index in [2.05, 4.69) is 24.5 Å². The number of hydrogen-bond donors (Lipinski definition) is 3. The van der Waals surface area contributed by atoms with Crippen LogP contribution in [0.5, 0.6) is 0 Å². The molecule has 3 N–H and O–H groups in total. The third kappa shape index (κ3) is 7.95. The number of ether oxygens (including phenoxy) is 1. The quantitative estimate of drug-likeness (QED) is 0.572. The maximum Gasteiger partial charge on any atom is 0.407 e. The lowest BCUT2D eigenvalue weighted by Crippen LogP contribution is -2.53. The molecule has 168 valence electrons. The molecule has 0 bridgehead atoms. The lowest BCUT2D eigenvalue weighted by Gasteiger charge is -2.34. The van der Waals surface area contributed by atoms with Crippen LogP contribution in [0.1, 0.15) is 46.6 Å². The van der Waals surface area contributed by atoms with E-state index < -0.39 is 23.8 Å². The van der Waals surface area contributed by atoms with Gasteiger partial charge >= 0.3 is 6.09 Å². The Bertz CT molecular complexity index is 687. The number of amides is 2. The summed E-state index contributed by atoms with van der Waals surface area (Å²) < 4.78 is 5.40. The van der Waals surface area contributed by atoms with Gasteiger partial charge in [-0.15, -0.1) is 0 Å². The normalized spacial score (nSPS) is 18.9. The van der Waals surface area contributed by atoms with Gasteiger partial charge in [-0.1, -0.05) is 44.2 Å². The smallest absolute Gasteiger partial charge is 0.407 e. The van der Waals surface area contributed by atoms with Crippen LogP contribution in [-0.2, 0) is 16.0 Å². The highest BCUT2D eigenvalue weighted by atomic mass is 16.6. The van der Waals surface area contributed by atoms with Crippen molar-refractivity contribution < 1.29 is 19.4 Å². The number of hydrogen-bond acceptors (Lipinski definition) is 5. The van der Waals surface area contributed by atoms with Crippen molar-refractivity contribution in [2.75, 3.05) is 19.6 Å². The number of alkyl carbamates (subject to hydrolysis) is 1. The van der Waals surface area contributed by atoms with E-state index in [4.69, 9.17) is 4.74 Å². The summed E-state index contributed by atoms with van der Waals surface area (Å²) in [6.45, 7) is 11.2. The molecule has 3 atom stereocenters. The summed E-state index contributed by atoms with van der Waals surface area (Å²) in [4.78, 5) is 26.7. The van der Waals surface area contributed by atoms with E-state index >= 15 is 0 Å². The maximum absolute atomic E-state index is 12.4. The summed E-state index contributed by atoms with van der Waals surface area (Å²) in [5.41, 5.74) is 0.379. The topological polar surface area (TPSA) is 90.9 Å². The summed E-state index contributed by atoms with van der Waals surface area (Å²) >= 11 is 0. The van der Waals surface area contributed by atoms with E-state index in [1.54, 1.807) is 20.8 Å². The molecule has 1 aromatic carbocycles. The lowest BCUT2D eigenvalue weighted by molar-refractivity contribution is -0.124. The fourth-order valence-electron chi connectivity index (χ4n) is 3.71. The Balaban J connectivity index is 2.15. The molecular formula is C23H37N3O4. The average Bonchev–Trinajstić information content (AvgIpc) is 3.05. The fraction of sp³-hybridized carbons (Fsp3) is 0.652. The molecule has 1 aliphatic rings. The van der Waals surface area contributed by atoms with Crippen molar-refractivity contribution in [2.24, 2.45) is 5.92 Å². The van der Waals surface area contributed by atoms with Crippen molar-refractivity contribution in [3.8, 4) is 0 Å². The highest BCUT2D eigenvalue weighted by Crippen LogP contribution is 2.16. The first kappa shape index (κ1) is 24.2. The van der Waals surface area contributed by atoms with Gasteiger partial charge in [-0.05, 0) is 45.1 Å². The lowest BCUT2D eigenvalue weighted by atomic mass is 9.99. The van der Waals surface area contributed by atoms with Gasteiger partial charge in [-0.25, -0.2) is 4.79 Å². The summed E-state index contributed by atoms with van der Waals surface area (Å²) in [6, 6.07) is 8.93. The Morgan fingerprint density at radius 2 is 1.93 bits per heavy atom. The molecule has 7 heteroatoms. The van der Waals surface area contributed by atoms with Gasteiger partial charge in [0.05, 0.1) is 18.2 Å². The Kier molecular flexibility index (Phi) is 8.67. The van der Waals surface area contributed by atoms with E-state index in [9.17, 15) is 14.7 Å². The second kappa shape index (κ2) is 10.8. The minimum Gasteiger partial charge on any atom is -0.444 e. The number of nitrogens with zero attached hydrogens (tertiary/aromatic N) is 1. The predicted molar refractivity (Wildman–Crippen MR) is 117 cm³/mol. The Morgan fingerprint density at radius 1 is 1.27 bits per heavy atom. The zero-order valence-corrected chi connectivity index (χ0v) is 18.9. The number of nitrogens with one attached hydrogen (secondary N) is 2. The van der Waals surface area contributed by atoms with Crippen LogP contribution >= 0.6 is 0 Å². The molecule has 7 nitrogen and oxygen atoms in total. The van der Waals surface area contributed by atoms with Crippen LogP contribution in [0.25, 0.3) is 0 Å². The molecule has 1 saturated heterocycles. The number of benzene rings is 1. The molecule has 0 radical (unpaired) electrons. The van der Waals surface area contributed by atoms with Gasteiger partial charge in [0.25, 0.3) is 0 Å². The van der Waals surface area contributed by atoms with Gasteiger partial charge in [0.2, 0.25) is 5.91 Å². The third-order valence-electron chi connectivity index (χ3n) is 4.95. The van der Waals surface area contributed by atoms with Crippen molar-refractivity contribution in [1.82, 2.24) is 15.5 Å². The molecular weight excluding hydrogens is 382 g/mol. The summed E-state index contributed by atoms with van der Waals surface area (Å²) in [5, 5.41) is 16.8. The van der Waals surface area contributed by atoms with Gasteiger partial charge in [-0.3, -0.25) is 9.69 Å². The Hall–Kier alpha value is -2.12. The van der Waals surface area contributed by atoms with Crippen molar-refractivity contribution >= 4 is 12.0 Å². The second-order valence-electron chi connectivity index (χ2n) is 9.45. The molecule has 0 spiro atoms. The Labute approximate surface area is 180 Å². The second-order valence-corrected chi connectivity index (χ2v) is 9.45. The molecule has 1 aromatic rings. The van der Waals surface area contributed by atoms with Crippen LogP contribution < -0.4 is 10.6 Å². The van der Waals surface area contributed by atoms with Gasteiger partial charge in [0, 0.05) is 19.6 Å². The van der Waals surface area contributed by atoms with Crippen LogP contribution in [-0.4, -0.2) is 65.4 Å². The van der Waals surface area contributed by atoms with Crippen molar-refractivity contribution in [1.29, 1.82) is 0 Å². The van der Waals surface area contributed by atoms with Crippen LogP contribution in [0.4, 0.5) is 4.79 Å². The molecule has 30 heavy (non-hydrogen) atoms. The minimum absolute atomic E-state index is 0.00237. The zero-order valence-electron chi connectivity index (χ0n) is 18.9. The average molecular weight is 420 g/mol. The molecule has 2 rings (SSSR count). The van der Waals surface area contributed by atoms with Gasteiger partial charge in [0.15, 0.2) is 0 Å². The van der Waals surface area contributed by atoms with Gasteiger partial charge in [-0.2, -0.15) is 0 Å². The van der Waals surface area contributed by atoms with E-state index in [1.165, 1.54) is 0 Å². The van der Waals surface area contributed by atoms with Crippen molar-refractivity contribution in [2.45, 2.75) is 71.2 Å². The van der Waals surface area contributed by atoms with Gasteiger partial charge < -0.3 is 20.5 Å². The largest absolute Gasteiger partial charge is 0.444 e. The molecule has 1 heterocycles. The summed E-state index contributed by atoms with van der Waals surface area (Å²) in [5.74, 6) is 0.347. The molecule has 1 aliphatic heterocycles. The standard InChI is InChI=1S/C23H37N3O4/c1-16(2)14-26(19-11-12-24-21(19)28)15-20(27)18(13-17-9-7-6-8-10-17)25-22(29)30-23(3,4)5/h6-10,16,18-20,27H,11-15H2,1-5H3,(H,24,28)(H,25,29)/t18-,19-,20+/m0/s1. The van der Waals surface area contributed by atoms with Crippen LogP contribution in [0.2, 0.25) is 0 Å². The maximum atomic E-state index is 12.4. The predicted octanol–water partition coefficient (Wildman–Crippen LogP) is 2.33. The first-order valence-corrected chi connectivity index (χ1v) is 10.8. The van der Waals surface area contributed by atoms with Crippen molar-refractivity contribution in [3.63, 3.8) is 0 Å². The third-order valence-corrected chi connectivity index (χ3v) is 4.95. The number of carbonyl (C=O) groups is 2. The van der Waals surface area contributed by atoms with E-state index in [1.807, 2.05) is 35.2 Å². The highest BCUT2D eigenvalue weighted by molar-refractivity contribution is 5.83.